The van der Waals surface area contributed by atoms with Crippen LogP contribution in [0.15, 0.2) is 12.1 Å². The zero-order chi connectivity index (χ0) is 11.5. The van der Waals surface area contributed by atoms with Crippen LogP contribution in [0.25, 0.3) is 0 Å². The monoisotopic (exact) mass is 222 g/mol. The molecule has 0 aliphatic carbocycles. The molecule has 1 fully saturated rings. The van der Waals surface area contributed by atoms with Crippen LogP contribution in [0.5, 0.6) is 0 Å². The molecule has 1 aliphatic heterocycles. The maximum atomic E-state index is 5.71. The number of nitrogen functional groups attached to an aromatic ring is 2. The lowest BCUT2D eigenvalue weighted by Crippen LogP contribution is -2.30. The van der Waals surface area contributed by atoms with Gasteiger partial charge in [-0.25, -0.2) is 4.98 Å². The number of aromatic nitrogens is 1. The van der Waals surface area contributed by atoms with Crippen molar-refractivity contribution in [2.24, 2.45) is 0 Å². The number of nitrogens with two attached hydrogens (primary N) is 2. The number of hydrogen-bond acceptors (Lipinski definition) is 5. The highest BCUT2D eigenvalue weighted by molar-refractivity contribution is 5.62. The molecule has 2 heterocycles. The van der Waals surface area contributed by atoms with E-state index >= 15 is 0 Å². The zero-order valence-electron chi connectivity index (χ0n) is 9.52. The Kier molecular flexibility index (Phi) is 3.14. The largest absolute Gasteiger partial charge is 0.396 e. The Balaban J connectivity index is 2.18. The van der Waals surface area contributed by atoms with Crippen molar-refractivity contribution in [2.45, 2.75) is 19.4 Å². The van der Waals surface area contributed by atoms with Crippen LogP contribution in [0.2, 0.25) is 0 Å². The van der Waals surface area contributed by atoms with Crippen LogP contribution >= 0.6 is 0 Å². The summed E-state index contributed by atoms with van der Waals surface area (Å²) in [4.78, 5) is 6.48. The van der Waals surface area contributed by atoms with E-state index in [9.17, 15) is 0 Å². The molecule has 0 spiro atoms. The number of ether oxygens (including phenoxy) is 1. The molecule has 1 aliphatic rings. The zero-order valence-corrected chi connectivity index (χ0v) is 9.52. The highest BCUT2D eigenvalue weighted by Crippen LogP contribution is 2.20. The van der Waals surface area contributed by atoms with Gasteiger partial charge >= 0.3 is 0 Å². The summed E-state index contributed by atoms with van der Waals surface area (Å²) in [7, 11) is 0. The van der Waals surface area contributed by atoms with Crippen LogP contribution in [-0.2, 0) is 4.74 Å². The lowest BCUT2D eigenvalue weighted by atomic mass is 10.3. The van der Waals surface area contributed by atoms with Crippen molar-refractivity contribution < 1.29 is 4.74 Å². The smallest absolute Gasteiger partial charge is 0.149 e. The lowest BCUT2D eigenvalue weighted by Gasteiger charge is -2.23. The SMILES string of the molecule is CC1CN(c2ccc(N)c(N)n2)CCCO1. The molecule has 0 aromatic carbocycles. The number of pyridine rings is 1. The second kappa shape index (κ2) is 4.57. The number of rotatable bonds is 1. The summed E-state index contributed by atoms with van der Waals surface area (Å²) < 4.78 is 5.58. The quantitative estimate of drug-likeness (QED) is 0.737. The molecule has 0 bridgehead atoms. The minimum atomic E-state index is 0.225. The van der Waals surface area contributed by atoms with Crippen LogP contribution in [0.4, 0.5) is 17.3 Å². The summed E-state index contributed by atoms with van der Waals surface area (Å²) >= 11 is 0. The van der Waals surface area contributed by atoms with Crippen molar-refractivity contribution in [3.8, 4) is 0 Å². The van der Waals surface area contributed by atoms with E-state index in [1.165, 1.54) is 0 Å². The summed E-state index contributed by atoms with van der Waals surface area (Å²) in [5, 5.41) is 0. The average Bonchev–Trinajstić information content (AvgIpc) is 2.47. The van der Waals surface area contributed by atoms with Gasteiger partial charge in [0.2, 0.25) is 0 Å². The fourth-order valence-corrected chi connectivity index (χ4v) is 1.85. The topological polar surface area (TPSA) is 77.4 Å². The molecule has 4 N–H and O–H groups in total. The molecular formula is C11H18N4O. The summed E-state index contributed by atoms with van der Waals surface area (Å²) in [5.41, 5.74) is 11.9. The Labute approximate surface area is 95.4 Å². The Morgan fingerprint density at radius 3 is 3.00 bits per heavy atom. The molecule has 1 aromatic heterocycles. The van der Waals surface area contributed by atoms with Gasteiger partial charge in [-0.3, -0.25) is 0 Å². The van der Waals surface area contributed by atoms with Crippen LogP contribution in [0, 0.1) is 0 Å². The van der Waals surface area contributed by atoms with E-state index < -0.39 is 0 Å². The van der Waals surface area contributed by atoms with E-state index in [1.54, 1.807) is 6.07 Å². The lowest BCUT2D eigenvalue weighted by molar-refractivity contribution is 0.0820. The fourth-order valence-electron chi connectivity index (χ4n) is 1.85. The van der Waals surface area contributed by atoms with Gasteiger partial charge in [0.1, 0.15) is 11.6 Å². The van der Waals surface area contributed by atoms with E-state index in [0.29, 0.717) is 11.5 Å². The van der Waals surface area contributed by atoms with Crippen LogP contribution < -0.4 is 16.4 Å². The van der Waals surface area contributed by atoms with Crippen molar-refractivity contribution in [3.05, 3.63) is 12.1 Å². The second-order valence-electron chi connectivity index (χ2n) is 4.12. The molecule has 5 heteroatoms. The Hall–Kier alpha value is -1.49. The van der Waals surface area contributed by atoms with Crippen LogP contribution in [0.3, 0.4) is 0 Å². The van der Waals surface area contributed by atoms with E-state index in [0.717, 1.165) is 31.9 Å². The first-order valence-corrected chi connectivity index (χ1v) is 5.55. The number of hydrogen-bond donors (Lipinski definition) is 2. The van der Waals surface area contributed by atoms with E-state index in [1.807, 2.05) is 6.07 Å². The van der Waals surface area contributed by atoms with Crippen molar-refractivity contribution in [1.29, 1.82) is 0 Å². The van der Waals surface area contributed by atoms with E-state index in [4.69, 9.17) is 16.2 Å². The standard InChI is InChI=1S/C11H18N4O/c1-8-7-15(5-2-6-16-8)10-4-3-9(12)11(13)14-10/h3-4,8H,2,5-7,12H2,1H3,(H2,13,14). The first-order chi connectivity index (χ1) is 7.66. The molecule has 1 aromatic rings. The van der Waals surface area contributed by atoms with Gasteiger partial charge in [-0.1, -0.05) is 0 Å². The van der Waals surface area contributed by atoms with Gasteiger partial charge in [0.05, 0.1) is 11.8 Å². The number of nitrogens with zero attached hydrogens (tertiary/aromatic N) is 2. The maximum absolute atomic E-state index is 5.71. The highest BCUT2D eigenvalue weighted by Gasteiger charge is 2.16. The third-order valence-corrected chi connectivity index (χ3v) is 2.72. The molecule has 16 heavy (non-hydrogen) atoms. The highest BCUT2D eigenvalue weighted by atomic mass is 16.5. The molecule has 1 unspecified atom stereocenters. The molecule has 88 valence electrons. The third kappa shape index (κ3) is 2.36. The van der Waals surface area contributed by atoms with Crippen molar-refractivity contribution >= 4 is 17.3 Å². The molecule has 2 rings (SSSR count). The second-order valence-corrected chi connectivity index (χ2v) is 4.12. The Bertz CT molecular complexity index is 369. The first-order valence-electron chi connectivity index (χ1n) is 5.55. The molecule has 0 radical (unpaired) electrons. The molecule has 0 amide bonds. The molecular weight excluding hydrogens is 204 g/mol. The predicted molar refractivity (Wildman–Crippen MR) is 65.3 cm³/mol. The Morgan fingerprint density at radius 2 is 2.25 bits per heavy atom. The summed E-state index contributed by atoms with van der Waals surface area (Å²) in [5.74, 6) is 1.28. The summed E-state index contributed by atoms with van der Waals surface area (Å²) in [6.45, 7) is 4.66. The molecule has 5 nitrogen and oxygen atoms in total. The van der Waals surface area contributed by atoms with Gasteiger partial charge in [-0.2, -0.15) is 0 Å². The van der Waals surface area contributed by atoms with Gasteiger partial charge in [0, 0.05) is 19.7 Å². The normalized spacial score (nSPS) is 21.8. The molecule has 1 saturated heterocycles. The third-order valence-electron chi connectivity index (χ3n) is 2.72. The average molecular weight is 222 g/mol. The first kappa shape index (κ1) is 11.0. The van der Waals surface area contributed by atoms with Gasteiger partial charge in [-0.15, -0.1) is 0 Å². The minimum absolute atomic E-state index is 0.225. The molecule has 0 saturated carbocycles. The number of anilines is 3. The molecule has 1 atom stereocenters. The van der Waals surface area contributed by atoms with E-state index in [-0.39, 0.29) is 6.10 Å². The Morgan fingerprint density at radius 1 is 1.44 bits per heavy atom. The van der Waals surface area contributed by atoms with Gasteiger partial charge in [0.25, 0.3) is 0 Å². The van der Waals surface area contributed by atoms with Gasteiger partial charge in [0.15, 0.2) is 0 Å². The predicted octanol–water partition coefficient (Wildman–Crippen LogP) is 0.861. The van der Waals surface area contributed by atoms with Crippen molar-refractivity contribution in [1.82, 2.24) is 4.98 Å². The summed E-state index contributed by atoms with van der Waals surface area (Å²) in [6.07, 6.45) is 1.24. The summed E-state index contributed by atoms with van der Waals surface area (Å²) in [6, 6.07) is 3.71. The van der Waals surface area contributed by atoms with Gasteiger partial charge in [-0.05, 0) is 25.5 Å². The maximum Gasteiger partial charge on any atom is 0.149 e. The van der Waals surface area contributed by atoms with Crippen LogP contribution in [0.1, 0.15) is 13.3 Å². The van der Waals surface area contributed by atoms with Gasteiger partial charge < -0.3 is 21.1 Å². The van der Waals surface area contributed by atoms with E-state index in [2.05, 4.69) is 16.8 Å². The van der Waals surface area contributed by atoms with Crippen molar-refractivity contribution in [3.63, 3.8) is 0 Å². The van der Waals surface area contributed by atoms with Crippen molar-refractivity contribution in [2.75, 3.05) is 36.1 Å². The van der Waals surface area contributed by atoms with Crippen LogP contribution in [-0.4, -0.2) is 30.8 Å². The fraction of sp³-hybridized carbons (Fsp3) is 0.545. The minimum Gasteiger partial charge on any atom is -0.396 e.